The number of esters is 1. The van der Waals surface area contributed by atoms with Gasteiger partial charge in [0.05, 0.1) is 26.0 Å². The highest BCUT2D eigenvalue weighted by Crippen LogP contribution is 1.98. The maximum atomic E-state index is 11.0. The Labute approximate surface area is 99.0 Å². The second-order valence-electron chi connectivity index (χ2n) is 3.69. The van der Waals surface area contributed by atoms with E-state index in [-0.39, 0.29) is 15.8 Å². The van der Waals surface area contributed by atoms with E-state index >= 15 is 0 Å². The normalized spacial score (nSPS) is 13.2. The molecular weight excluding hydrogens is 240 g/mol. The Hall–Kier alpha value is -0.219. The van der Waals surface area contributed by atoms with Gasteiger partial charge in [0, 0.05) is 5.57 Å². The molecule has 0 heterocycles. The first-order valence-electron chi connectivity index (χ1n) is 5.28. The lowest BCUT2D eigenvalue weighted by Crippen LogP contribution is -2.40. The summed E-state index contributed by atoms with van der Waals surface area (Å²) >= 11 is 0. The van der Waals surface area contributed by atoms with Crippen molar-refractivity contribution in [1.82, 2.24) is 9.30 Å². The second-order valence-corrected chi connectivity index (χ2v) is 10.9. The van der Waals surface area contributed by atoms with Gasteiger partial charge in [0.15, 0.2) is 9.84 Å². The van der Waals surface area contributed by atoms with Crippen molar-refractivity contribution in [1.29, 1.82) is 0 Å². The van der Waals surface area contributed by atoms with Crippen molar-refractivity contribution < 1.29 is 9.53 Å². The average molecular weight is 263 g/mol. The summed E-state index contributed by atoms with van der Waals surface area (Å²) in [5, 5.41) is 0. The van der Waals surface area contributed by atoms with Crippen molar-refractivity contribution >= 4 is 35.2 Å². The molecule has 0 radical (unpaired) electrons. The molecule has 0 aromatic carbocycles. The number of ether oxygens (including phenoxy) is 1. The van der Waals surface area contributed by atoms with Crippen LogP contribution in [0.15, 0.2) is 12.2 Å². The molecule has 0 bridgehead atoms. The number of hydrogen-bond acceptors (Lipinski definition) is 4. The summed E-state index contributed by atoms with van der Waals surface area (Å²) in [5.74, 6) is -0.270. The fourth-order valence-corrected chi connectivity index (χ4v) is 6.70. The Morgan fingerprint density at radius 1 is 1.67 bits per heavy atom. The molecule has 4 nitrogen and oxygen atoms in total. The lowest BCUT2D eigenvalue weighted by atomic mass is 10.4. The number of carbonyl (C=O) groups is 1. The zero-order chi connectivity index (χ0) is 11.7. The van der Waals surface area contributed by atoms with Crippen LogP contribution in [0.5, 0.6) is 0 Å². The molecule has 1 unspecified atom stereocenters. The third-order valence-electron chi connectivity index (χ3n) is 1.99. The Balaban J connectivity index is 3.37. The molecule has 2 N–H and O–H groups in total. The van der Waals surface area contributed by atoms with Crippen molar-refractivity contribution in [3.63, 3.8) is 0 Å². The summed E-state index contributed by atoms with van der Waals surface area (Å²) < 4.78 is 11.9. The van der Waals surface area contributed by atoms with E-state index in [0.717, 1.165) is 16.8 Å². The van der Waals surface area contributed by atoms with E-state index in [1.807, 2.05) is 0 Å². The Morgan fingerprint density at radius 2 is 2.33 bits per heavy atom. The van der Waals surface area contributed by atoms with Crippen LogP contribution >= 0.6 is 0 Å². The predicted octanol–water partition coefficient (Wildman–Crippen LogP) is -1.69. The van der Waals surface area contributed by atoms with Crippen LogP contribution < -0.4 is 9.30 Å². The number of hydrogen-bond donors (Lipinski definition) is 2. The average Bonchev–Trinajstić information content (AvgIpc) is 2.20. The molecule has 0 saturated carbocycles. The standard InChI is InChI=1S/C8H22N2O2Si3/c1-7(2)8(11)12-5-4-6-15(3)10-14-9-13/h9-10,15H,1,4-6,14H2,2-3,13H3. The Morgan fingerprint density at radius 3 is 2.87 bits per heavy atom. The van der Waals surface area contributed by atoms with Crippen LogP contribution in [0.4, 0.5) is 0 Å². The Kier molecular flexibility index (Phi) is 8.91. The summed E-state index contributed by atoms with van der Waals surface area (Å²) in [6, 6.07) is 1.18. The summed E-state index contributed by atoms with van der Waals surface area (Å²) in [5.41, 5.74) is 0.478. The maximum Gasteiger partial charge on any atom is 0.333 e. The summed E-state index contributed by atoms with van der Waals surface area (Å²) in [4.78, 5) is 11.0. The van der Waals surface area contributed by atoms with Gasteiger partial charge in [-0.2, -0.15) is 0 Å². The molecule has 15 heavy (non-hydrogen) atoms. The highest BCUT2D eigenvalue weighted by atomic mass is 28.3. The molecule has 0 aliphatic rings. The van der Waals surface area contributed by atoms with E-state index in [2.05, 4.69) is 22.4 Å². The minimum Gasteiger partial charge on any atom is -0.462 e. The van der Waals surface area contributed by atoms with Gasteiger partial charge in [-0.05, 0) is 19.4 Å². The molecule has 0 aromatic rings. The monoisotopic (exact) mass is 262 g/mol. The van der Waals surface area contributed by atoms with Crippen molar-refractivity contribution in [2.45, 2.75) is 25.9 Å². The third kappa shape index (κ3) is 8.75. The zero-order valence-corrected chi connectivity index (χ0v) is 14.5. The van der Waals surface area contributed by atoms with Crippen molar-refractivity contribution in [3.05, 3.63) is 12.2 Å². The molecular formula is C8H22N2O2Si3. The predicted molar refractivity (Wildman–Crippen MR) is 73.0 cm³/mol. The van der Waals surface area contributed by atoms with Gasteiger partial charge in [0.1, 0.15) is 0 Å². The maximum absolute atomic E-state index is 11.0. The van der Waals surface area contributed by atoms with Gasteiger partial charge in [-0.1, -0.05) is 13.1 Å². The van der Waals surface area contributed by atoms with E-state index in [1.165, 1.54) is 6.04 Å². The molecule has 0 rings (SSSR count). The first-order chi connectivity index (χ1) is 7.07. The molecule has 0 spiro atoms. The fraction of sp³-hybridized carbons (Fsp3) is 0.625. The topological polar surface area (TPSA) is 50.4 Å². The number of rotatable bonds is 8. The van der Waals surface area contributed by atoms with Gasteiger partial charge >= 0.3 is 5.97 Å². The minimum atomic E-state index is -0.750. The molecule has 0 aromatic heterocycles. The molecule has 0 aliphatic carbocycles. The van der Waals surface area contributed by atoms with Crippen LogP contribution in [0.1, 0.15) is 13.3 Å². The number of carbonyl (C=O) groups excluding carboxylic acids is 1. The zero-order valence-electron chi connectivity index (χ0n) is 9.93. The molecule has 0 amide bonds. The quantitative estimate of drug-likeness (QED) is 0.237. The Bertz CT molecular complexity index is 214. The lowest BCUT2D eigenvalue weighted by Gasteiger charge is -2.11. The SMILES string of the molecule is C=C(C)C(=O)OCCC[SiH](C)N[SiH2]N[SiH3]. The van der Waals surface area contributed by atoms with Crippen molar-refractivity contribution in [3.8, 4) is 0 Å². The second kappa shape index (κ2) is 9.04. The van der Waals surface area contributed by atoms with E-state index in [0.29, 0.717) is 12.2 Å². The largest absolute Gasteiger partial charge is 0.462 e. The first kappa shape index (κ1) is 14.8. The van der Waals surface area contributed by atoms with Crippen LogP contribution in [0.3, 0.4) is 0 Å². The third-order valence-corrected chi connectivity index (χ3v) is 8.28. The van der Waals surface area contributed by atoms with Gasteiger partial charge in [0.25, 0.3) is 0 Å². The first-order valence-corrected chi connectivity index (χ1v) is 10.2. The molecule has 0 fully saturated rings. The van der Waals surface area contributed by atoms with Gasteiger partial charge in [-0.25, -0.2) is 4.79 Å². The molecule has 0 aliphatic heterocycles. The van der Waals surface area contributed by atoms with Gasteiger partial charge in [-0.15, -0.1) is 0 Å². The number of nitrogens with one attached hydrogen (secondary N) is 2. The highest BCUT2D eigenvalue weighted by molar-refractivity contribution is 6.64. The van der Waals surface area contributed by atoms with Crippen molar-refractivity contribution in [2.75, 3.05) is 6.61 Å². The van der Waals surface area contributed by atoms with E-state index in [1.54, 1.807) is 6.92 Å². The van der Waals surface area contributed by atoms with E-state index in [4.69, 9.17) is 4.74 Å². The smallest absolute Gasteiger partial charge is 0.333 e. The highest BCUT2D eigenvalue weighted by Gasteiger charge is 2.05. The van der Waals surface area contributed by atoms with Crippen LogP contribution in [0, 0.1) is 0 Å². The summed E-state index contributed by atoms with van der Waals surface area (Å²) in [6.45, 7) is 8.03. The van der Waals surface area contributed by atoms with Crippen molar-refractivity contribution in [2.24, 2.45) is 0 Å². The fourth-order valence-electron chi connectivity index (χ4n) is 1.06. The van der Waals surface area contributed by atoms with Crippen LogP contribution in [0.2, 0.25) is 12.6 Å². The van der Waals surface area contributed by atoms with Gasteiger partial charge in [-0.3, -0.25) is 0 Å². The van der Waals surface area contributed by atoms with E-state index < -0.39 is 8.96 Å². The summed E-state index contributed by atoms with van der Waals surface area (Å²) in [7, 11) is 0.151. The van der Waals surface area contributed by atoms with Crippen LogP contribution in [-0.2, 0) is 9.53 Å². The molecule has 1 atom stereocenters. The summed E-state index contributed by atoms with van der Waals surface area (Å²) in [6.07, 6.45) is 0.967. The molecule has 7 heteroatoms. The van der Waals surface area contributed by atoms with E-state index in [9.17, 15) is 4.79 Å². The lowest BCUT2D eigenvalue weighted by molar-refractivity contribution is -0.138. The van der Waals surface area contributed by atoms with Crippen LogP contribution in [-0.4, -0.2) is 41.8 Å². The molecule has 88 valence electrons. The van der Waals surface area contributed by atoms with Crippen LogP contribution in [0.25, 0.3) is 0 Å². The van der Waals surface area contributed by atoms with Gasteiger partial charge in [0.2, 0.25) is 0 Å². The molecule has 0 saturated heterocycles. The minimum absolute atomic E-state index is 0.187. The van der Waals surface area contributed by atoms with Gasteiger partial charge < -0.3 is 14.0 Å².